The van der Waals surface area contributed by atoms with E-state index in [1.807, 2.05) is 6.92 Å². The molecule has 4 nitrogen and oxygen atoms in total. The maximum absolute atomic E-state index is 11.7. The molecule has 0 amide bonds. The van der Waals surface area contributed by atoms with Gasteiger partial charge in [-0.15, -0.1) is 0 Å². The monoisotopic (exact) mass is 229 g/mol. The molecule has 0 aliphatic carbocycles. The topological polar surface area (TPSA) is 47.6 Å². The normalized spacial score (nSPS) is 25.4. The lowest BCUT2D eigenvalue weighted by molar-refractivity contribution is -0.148. The molecule has 94 valence electrons. The largest absolute Gasteiger partial charge is 0.462 e. The van der Waals surface area contributed by atoms with Crippen molar-refractivity contribution in [2.45, 2.75) is 39.2 Å². The fourth-order valence-electron chi connectivity index (χ4n) is 1.99. The first-order valence-electron chi connectivity index (χ1n) is 6.25. The predicted molar refractivity (Wildman–Crippen MR) is 62.3 cm³/mol. The summed E-state index contributed by atoms with van der Waals surface area (Å²) in [6.45, 7) is 6.54. The van der Waals surface area contributed by atoms with Gasteiger partial charge in [0.1, 0.15) is 12.6 Å². The van der Waals surface area contributed by atoms with Crippen LogP contribution in [0, 0.1) is 5.92 Å². The molecule has 0 bridgehead atoms. The number of ether oxygens (including phenoxy) is 2. The second-order valence-corrected chi connectivity index (χ2v) is 4.17. The maximum Gasteiger partial charge on any atom is 0.323 e. The van der Waals surface area contributed by atoms with Gasteiger partial charge in [-0.1, -0.05) is 13.3 Å². The van der Waals surface area contributed by atoms with Gasteiger partial charge in [0, 0.05) is 6.61 Å². The van der Waals surface area contributed by atoms with E-state index in [-0.39, 0.29) is 12.0 Å². The van der Waals surface area contributed by atoms with Gasteiger partial charge in [0.05, 0.1) is 6.61 Å². The second-order valence-electron chi connectivity index (χ2n) is 4.17. The van der Waals surface area contributed by atoms with Crippen molar-refractivity contribution in [3.8, 4) is 0 Å². The highest BCUT2D eigenvalue weighted by Gasteiger charge is 2.26. The lowest BCUT2D eigenvalue weighted by Gasteiger charge is -2.28. The summed E-state index contributed by atoms with van der Waals surface area (Å²) >= 11 is 0. The number of carbonyl (C=O) groups is 1. The minimum absolute atomic E-state index is 0.111. The Labute approximate surface area is 97.7 Å². The third-order valence-electron chi connectivity index (χ3n) is 3.05. The molecule has 0 aromatic heterocycles. The Morgan fingerprint density at radius 2 is 2.19 bits per heavy atom. The first kappa shape index (κ1) is 13.5. The molecule has 1 fully saturated rings. The molecular weight excluding hydrogens is 206 g/mol. The molecule has 1 saturated heterocycles. The summed E-state index contributed by atoms with van der Waals surface area (Å²) in [5.41, 5.74) is 0. The van der Waals surface area contributed by atoms with Gasteiger partial charge in [-0.3, -0.25) is 4.79 Å². The smallest absolute Gasteiger partial charge is 0.323 e. The van der Waals surface area contributed by atoms with Crippen LogP contribution >= 0.6 is 0 Å². The summed E-state index contributed by atoms with van der Waals surface area (Å²) in [7, 11) is 0. The zero-order valence-corrected chi connectivity index (χ0v) is 10.3. The van der Waals surface area contributed by atoms with Crippen molar-refractivity contribution in [2.24, 2.45) is 5.92 Å². The van der Waals surface area contributed by atoms with Gasteiger partial charge in [0.15, 0.2) is 0 Å². The molecule has 2 unspecified atom stereocenters. The van der Waals surface area contributed by atoms with Crippen LogP contribution in [0.1, 0.15) is 33.1 Å². The highest BCUT2D eigenvalue weighted by atomic mass is 16.6. The van der Waals surface area contributed by atoms with E-state index in [9.17, 15) is 4.79 Å². The van der Waals surface area contributed by atoms with E-state index < -0.39 is 0 Å². The van der Waals surface area contributed by atoms with Crippen LogP contribution in [-0.2, 0) is 14.3 Å². The molecule has 1 aliphatic rings. The van der Waals surface area contributed by atoms with Crippen LogP contribution < -0.4 is 5.32 Å². The summed E-state index contributed by atoms with van der Waals surface area (Å²) in [5, 5.41) is 3.21. The van der Waals surface area contributed by atoms with E-state index in [0.717, 1.165) is 19.4 Å². The maximum atomic E-state index is 11.7. The fraction of sp³-hybridized carbons (Fsp3) is 0.917. The molecule has 2 atom stereocenters. The SMILES string of the molecule is CCOCCOC(=O)C1CC(CC)CCN1. The second kappa shape index (κ2) is 7.63. The average Bonchev–Trinajstić information content (AvgIpc) is 2.34. The third-order valence-corrected chi connectivity index (χ3v) is 3.05. The van der Waals surface area contributed by atoms with Crippen LogP contribution in [-0.4, -0.2) is 38.4 Å². The van der Waals surface area contributed by atoms with Gasteiger partial charge in [-0.05, 0) is 32.2 Å². The highest BCUT2D eigenvalue weighted by Crippen LogP contribution is 2.19. The number of carbonyl (C=O) groups excluding carboxylic acids is 1. The van der Waals surface area contributed by atoms with E-state index in [4.69, 9.17) is 9.47 Å². The van der Waals surface area contributed by atoms with Crippen LogP contribution in [0.15, 0.2) is 0 Å². The van der Waals surface area contributed by atoms with Gasteiger partial charge in [0.25, 0.3) is 0 Å². The molecule has 1 heterocycles. The number of nitrogens with one attached hydrogen (secondary N) is 1. The lowest BCUT2D eigenvalue weighted by atomic mass is 9.90. The Hall–Kier alpha value is -0.610. The summed E-state index contributed by atoms with van der Waals surface area (Å²) in [4.78, 5) is 11.7. The van der Waals surface area contributed by atoms with E-state index in [2.05, 4.69) is 12.2 Å². The minimum atomic E-state index is -0.127. The Balaban J connectivity index is 2.19. The molecule has 1 N–H and O–H groups in total. The standard InChI is InChI=1S/C12H23NO3/c1-3-10-5-6-13-11(9-10)12(14)16-8-7-15-4-2/h10-11,13H,3-9H2,1-2H3. The average molecular weight is 229 g/mol. The lowest BCUT2D eigenvalue weighted by Crippen LogP contribution is -2.44. The van der Waals surface area contributed by atoms with Crippen molar-refractivity contribution in [1.29, 1.82) is 0 Å². The molecule has 0 aromatic carbocycles. The predicted octanol–water partition coefficient (Wildman–Crippen LogP) is 1.34. The zero-order valence-electron chi connectivity index (χ0n) is 10.3. The number of piperidine rings is 1. The molecule has 0 saturated carbocycles. The quantitative estimate of drug-likeness (QED) is 0.551. The van der Waals surface area contributed by atoms with Crippen LogP contribution in [0.5, 0.6) is 0 Å². The highest BCUT2D eigenvalue weighted by molar-refractivity contribution is 5.75. The molecule has 0 radical (unpaired) electrons. The first-order chi connectivity index (χ1) is 7.77. The summed E-state index contributed by atoms with van der Waals surface area (Å²) in [6, 6.07) is -0.111. The van der Waals surface area contributed by atoms with Gasteiger partial charge in [0.2, 0.25) is 0 Å². The summed E-state index contributed by atoms with van der Waals surface area (Å²) < 4.78 is 10.3. The number of hydrogen-bond acceptors (Lipinski definition) is 4. The van der Waals surface area contributed by atoms with Crippen molar-refractivity contribution >= 4 is 5.97 Å². The van der Waals surface area contributed by atoms with E-state index in [1.54, 1.807) is 0 Å². The fourth-order valence-corrected chi connectivity index (χ4v) is 1.99. The van der Waals surface area contributed by atoms with Crippen molar-refractivity contribution in [1.82, 2.24) is 5.32 Å². The first-order valence-corrected chi connectivity index (χ1v) is 6.25. The number of esters is 1. The van der Waals surface area contributed by atoms with Gasteiger partial charge in [-0.25, -0.2) is 0 Å². The van der Waals surface area contributed by atoms with E-state index >= 15 is 0 Å². The molecule has 1 aliphatic heterocycles. The number of hydrogen-bond donors (Lipinski definition) is 1. The van der Waals surface area contributed by atoms with Crippen molar-refractivity contribution < 1.29 is 14.3 Å². The Kier molecular flexibility index (Phi) is 6.42. The third kappa shape index (κ3) is 4.49. The van der Waals surface area contributed by atoms with Gasteiger partial charge in [-0.2, -0.15) is 0 Å². The van der Waals surface area contributed by atoms with E-state index in [0.29, 0.717) is 25.7 Å². The summed E-state index contributed by atoms with van der Waals surface area (Å²) in [5.74, 6) is 0.531. The summed E-state index contributed by atoms with van der Waals surface area (Å²) in [6.07, 6.45) is 3.22. The van der Waals surface area contributed by atoms with Crippen molar-refractivity contribution in [3.63, 3.8) is 0 Å². The van der Waals surface area contributed by atoms with Crippen LogP contribution in [0.4, 0.5) is 0 Å². The molecule has 0 aromatic rings. The number of rotatable bonds is 6. The molecule has 0 spiro atoms. The van der Waals surface area contributed by atoms with Crippen molar-refractivity contribution in [3.05, 3.63) is 0 Å². The zero-order chi connectivity index (χ0) is 11.8. The van der Waals surface area contributed by atoms with Gasteiger partial charge < -0.3 is 14.8 Å². The molecular formula is C12H23NO3. The Bertz CT molecular complexity index is 208. The Morgan fingerprint density at radius 1 is 1.38 bits per heavy atom. The van der Waals surface area contributed by atoms with Crippen molar-refractivity contribution in [2.75, 3.05) is 26.4 Å². The Morgan fingerprint density at radius 3 is 2.88 bits per heavy atom. The molecule has 1 rings (SSSR count). The minimum Gasteiger partial charge on any atom is -0.462 e. The van der Waals surface area contributed by atoms with Gasteiger partial charge >= 0.3 is 5.97 Å². The van der Waals surface area contributed by atoms with Crippen LogP contribution in [0.25, 0.3) is 0 Å². The molecule has 4 heteroatoms. The van der Waals surface area contributed by atoms with Crippen LogP contribution in [0.2, 0.25) is 0 Å². The van der Waals surface area contributed by atoms with Crippen LogP contribution in [0.3, 0.4) is 0 Å². The van der Waals surface area contributed by atoms with E-state index in [1.165, 1.54) is 6.42 Å². The molecule has 16 heavy (non-hydrogen) atoms.